The third kappa shape index (κ3) is 4.63. The van der Waals surface area contributed by atoms with Gasteiger partial charge in [0, 0.05) is 69.8 Å². The Morgan fingerprint density at radius 1 is 1.33 bits per heavy atom. The van der Waals surface area contributed by atoms with Gasteiger partial charge in [-0.1, -0.05) is 23.7 Å². The van der Waals surface area contributed by atoms with Gasteiger partial charge in [-0.2, -0.15) is 0 Å². The molecule has 2 aliphatic rings. The van der Waals surface area contributed by atoms with E-state index in [-0.39, 0.29) is 11.8 Å². The van der Waals surface area contributed by atoms with E-state index in [9.17, 15) is 9.59 Å². The number of halogens is 1. The number of carbonyl (C=O) groups is 2. The van der Waals surface area contributed by atoms with Crippen LogP contribution in [0.5, 0.6) is 0 Å². The molecule has 7 nitrogen and oxygen atoms in total. The Morgan fingerprint density at radius 3 is 2.80 bits per heavy atom. The zero-order valence-corrected chi connectivity index (χ0v) is 18.3. The highest BCUT2D eigenvalue weighted by Crippen LogP contribution is 2.31. The highest BCUT2D eigenvalue weighted by Gasteiger charge is 2.36. The number of carbonyl (C=O) groups excluding carboxylic acids is 2. The standard InChI is InChI=1S/C22H29ClN4O3/c1-15(28)25(2)8-9-26-14-19(23)18-6-3-16(11-20(18)26)13-27(17-4-5-17)22(29)21-12-24-7-10-30-21/h3,6,11,14,17,21,24H,4-5,7-10,12-13H2,1-2H3/t21-/m1/s1. The van der Waals surface area contributed by atoms with E-state index in [0.29, 0.717) is 43.9 Å². The summed E-state index contributed by atoms with van der Waals surface area (Å²) >= 11 is 6.44. The molecular formula is C22H29ClN4O3. The minimum Gasteiger partial charge on any atom is -0.366 e. The normalized spacial score (nSPS) is 19.1. The zero-order valence-electron chi connectivity index (χ0n) is 17.6. The van der Waals surface area contributed by atoms with E-state index < -0.39 is 6.10 Å². The van der Waals surface area contributed by atoms with Crippen molar-refractivity contribution in [2.24, 2.45) is 0 Å². The van der Waals surface area contributed by atoms with E-state index in [1.807, 2.05) is 23.2 Å². The molecule has 2 aromatic rings. The quantitative estimate of drug-likeness (QED) is 0.728. The number of morpholine rings is 1. The van der Waals surface area contributed by atoms with Gasteiger partial charge in [0.25, 0.3) is 5.91 Å². The molecule has 1 aromatic heterocycles. The summed E-state index contributed by atoms with van der Waals surface area (Å²) in [6.07, 6.45) is 3.61. The molecule has 8 heteroatoms. The van der Waals surface area contributed by atoms with Gasteiger partial charge in [0.05, 0.1) is 11.6 Å². The molecule has 2 fully saturated rings. The first kappa shape index (κ1) is 21.2. The Bertz CT molecular complexity index is 934. The molecule has 0 unspecified atom stereocenters. The van der Waals surface area contributed by atoms with Gasteiger partial charge in [-0.15, -0.1) is 0 Å². The number of aromatic nitrogens is 1. The molecule has 1 aromatic carbocycles. The zero-order chi connectivity index (χ0) is 21.3. The lowest BCUT2D eigenvalue weighted by atomic mass is 10.1. The molecule has 1 aliphatic carbocycles. The van der Waals surface area contributed by atoms with Gasteiger partial charge in [0.2, 0.25) is 5.91 Å². The molecule has 4 rings (SSSR count). The third-order valence-electron chi connectivity index (χ3n) is 5.94. The van der Waals surface area contributed by atoms with Gasteiger partial charge in [0.15, 0.2) is 0 Å². The summed E-state index contributed by atoms with van der Waals surface area (Å²) in [5.74, 6) is 0.109. The summed E-state index contributed by atoms with van der Waals surface area (Å²) in [5.41, 5.74) is 2.09. The first-order valence-electron chi connectivity index (χ1n) is 10.6. The van der Waals surface area contributed by atoms with Crippen LogP contribution in [0.15, 0.2) is 24.4 Å². The number of hydrogen-bond acceptors (Lipinski definition) is 4. The lowest BCUT2D eigenvalue weighted by molar-refractivity contribution is -0.146. The topological polar surface area (TPSA) is 66.8 Å². The second-order valence-corrected chi connectivity index (χ2v) is 8.63. The first-order chi connectivity index (χ1) is 14.4. The third-order valence-corrected chi connectivity index (χ3v) is 6.24. The number of amides is 2. The minimum absolute atomic E-state index is 0.0382. The average molecular weight is 433 g/mol. The van der Waals surface area contributed by atoms with Crippen molar-refractivity contribution in [3.63, 3.8) is 0 Å². The number of fused-ring (bicyclic) bond motifs is 1. The van der Waals surface area contributed by atoms with Gasteiger partial charge in [-0.25, -0.2) is 0 Å². The van der Waals surface area contributed by atoms with Crippen LogP contribution >= 0.6 is 11.6 Å². The number of rotatable bonds is 7. The number of benzene rings is 1. The van der Waals surface area contributed by atoms with Crippen LogP contribution < -0.4 is 5.32 Å². The van der Waals surface area contributed by atoms with Crippen LogP contribution in [-0.4, -0.2) is 71.6 Å². The van der Waals surface area contributed by atoms with Crippen molar-refractivity contribution in [2.45, 2.75) is 45.0 Å². The highest BCUT2D eigenvalue weighted by atomic mass is 35.5. The number of nitrogens with one attached hydrogen (secondary N) is 1. The molecule has 30 heavy (non-hydrogen) atoms. The van der Waals surface area contributed by atoms with Crippen LogP contribution in [0.4, 0.5) is 0 Å². The van der Waals surface area contributed by atoms with Crippen LogP contribution in [0.1, 0.15) is 25.3 Å². The van der Waals surface area contributed by atoms with Crippen molar-refractivity contribution in [1.82, 2.24) is 19.7 Å². The van der Waals surface area contributed by atoms with E-state index in [0.717, 1.165) is 35.9 Å². The van der Waals surface area contributed by atoms with Crippen molar-refractivity contribution in [1.29, 1.82) is 0 Å². The summed E-state index contributed by atoms with van der Waals surface area (Å²) in [4.78, 5) is 28.2. The molecule has 0 spiro atoms. The Kier molecular flexibility index (Phi) is 6.32. The molecule has 162 valence electrons. The van der Waals surface area contributed by atoms with Gasteiger partial charge >= 0.3 is 0 Å². The molecule has 2 amide bonds. The number of hydrogen-bond donors (Lipinski definition) is 1. The van der Waals surface area contributed by atoms with E-state index >= 15 is 0 Å². The maximum atomic E-state index is 13.1. The molecule has 1 atom stereocenters. The molecule has 1 saturated carbocycles. The smallest absolute Gasteiger partial charge is 0.253 e. The highest BCUT2D eigenvalue weighted by molar-refractivity contribution is 6.35. The molecule has 1 saturated heterocycles. The number of nitrogens with zero attached hydrogens (tertiary/aromatic N) is 3. The molecule has 0 bridgehead atoms. The van der Waals surface area contributed by atoms with Gasteiger partial charge in [-0.05, 0) is 24.5 Å². The average Bonchev–Trinajstić information content (AvgIpc) is 3.55. The van der Waals surface area contributed by atoms with Crippen molar-refractivity contribution in [3.8, 4) is 0 Å². The molecular weight excluding hydrogens is 404 g/mol. The fraction of sp³-hybridized carbons (Fsp3) is 0.545. The second kappa shape index (κ2) is 8.96. The van der Waals surface area contributed by atoms with Gasteiger partial charge in [-0.3, -0.25) is 9.59 Å². The fourth-order valence-electron chi connectivity index (χ4n) is 3.87. The fourth-order valence-corrected chi connectivity index (χ4v) is 4.15. The Hall–Kier alpha value is -2.09. The van der Waals surface area contributed by atoms with Crippen molar-refractivity contribution >= 4 is 34.3 Å². The SMILES string of the molecule is CC(=O)N(C)CCn1cc(Cl)c2ccc(CN(C(=O)[C@H]3CNCCO3)C3CC3)cc21. The monoisotopic (exact) mass is 432 g/mol. The summed E-state index contributed by atoms with van der Waals surface area (Å²) in [5, 5.41) is 4.92. The molecule has 1 N–H and O–H groups in total. The van der Waals surface area contributed by atoms with Crippen LogP contribution in [0, 0.1) is 0 Å². The van der Waals surface area contributed by atoms with E-state index in [2.05, 4.69) is 16.0 Å². The van der Waals surface area contributed by atoms with E-state index in [1.165, 1.54) is 0 Å². The Balaban J connectivity index is 1.53. The van der Waals surface area contributed by atoms with Crippen LogP contribution in [0.25, 0.3) is 10.9 Å². The summed E-state index contributed by atoms with van der Waals surface area (Å²) in [6, 6.07) is 6.48. The summed E-state index contributed by atoms with van der Waals surface area (Å²) in [7, 11) is 1.79. The second-order valence-electron chi connectivity index (χ2n) is 8.22. The molecule has 1 aliphatic heterocycles. The molecule has 2 heterocycles. The van der Waals surface area contributed by atoms with Crippen LogP contribution in [-0.2, 0) is 27.4 Å². The largest absolute Gasteiger partial charge is 0.366 e. The lowest BCUT2D eigenvalue weighted by Gasteiger charge is -2.30. The predicted molar refractivity (Wildman–Crippen MR) is 116 cm³/mol. The van der Waals surface area contributed by atoms with Crippen LogP contribution in [0.2, 0.25) is 5.02 Å². The van der Waals surface area contributed by atoms with Crippen molar-refractivity contribution in [3.05, 3.63) is 35.0 Å². The molecule has 0 radical (unpaired) electrons. The predicted octanol–water partition coefficient (Wildman–Crippen LogP) is 2.25. The van der Waals surface area contributed by atoms with Gasteiger partial charge < -0.3 is 24.4 Å². The summed E-state index contributed by atoms with van der Waals surface area (Å²) < 4.78 is 7.78. The van der Waals surface area contributed by atoms with Crippen molar-refractivity contribution in [2.75, 3.05) is 33.3 Å². The summed E-state index contributed by atoms with van der Waals surface area (Å²) in [6.45, 7) is 5.34. The minimum atomic E-state index is -0.400. The number of ether oxygens (including phenoxy) is 1. The van der Waals surface area contributed by atoms with Crippen LogP contribution in [0.3, 0.4) is 0 Å². The Labute approximate surface area is 181 Å². The Morgan fingerprint density at radius 2 is 2.13 bits per heavy atom. The van der Waals surface area contributed by atoms with Gasteiger partial charge in [0.1, 0.15) is 6.10 Å². The first-order valence-corrected chi connectivity index (χ1v) is 10.9. The lowest BCUT2D eigenvalue weighted by Crippen LogP contribution is -2.49. The maximum Gasteiger partial charge on any atom is 0.253 e. The number of likely N-dealkylation sites (N-methyl/N-ethyl adjacent to an activating group) is 1. The van der Waals surface area contributed by atoms with E-state index in [4.69, 9.17) is 16.3 Å². The van der Waals surface area contributed by atoms with Crippen molar-refractivity contribution < 1.29 is 14.3 Å². The maximum absolute atomic E-state index is 13.1. The van der Waals surface area contributed by atoms with E-state index in [1.54, 1.807) is 18.9 Å².